The van der Waals surface area contributed by atoms with E-state index in [0.717, 1.165) is 0 Å². The molecule has 3 aliphatic rings. The number of nitrogens with zero attached hydrogens (tertiary/aromatic N) is 3. The fourth-order valence-corrected chi connectivity index (χ4v) is 10.2. The minimum Gasteiger partial charge on any atom is -0.463 e. The van der Waals surface area contributed by atoms with Crippen LogP contribution in [0, 0.1) is 17.8 Å². The van der Waals surface area contributed by atoms with Gasteiger partial charge in [-0.3, -0.25) is 28.8 Å². The quantitative estimate of drug-likeness (QED) is 0.122. The van der Waals surface area contributed by atoms with E-state index < -0.39 is 139 Å². The van der Waals surface area contributed by atoms with Crippen LogP contribution < -0.4 is 0 Å². The Bertz CT molecular complexity index is 1700. The molecule has 21 nitrogen and oxygen atoms in total. The number of ether oxygens (including phenoxy) is 12. The molecule has 21 heteroatoms. The Morgan fingerprint density at radius 3 is 1.94 bits per heavy atom. The summed E-state index contributed by atoms with van der Waals surface area (Å²) in [7, 11) is 11.9. The van der Waals surface area contributed by atoms with Crippen molar-refractivity contribution in [1.82, 2.24) is 14.9 Å². The summed E-state index contributed by atoms with van der Waals surface area (Å²) in [4.78, 5) is 80.6. The summed E-state index contributed by atoms with van der Waals surface area (Å²) in [5.74, 6) is -5.29. The topological polar surface area (TPSA) is 223 Å². The monoisotopic (exact) mass is 1000 g/mol. The van der Waals surface area contributed by atoms with E-state index in [1.165, 1.54) is 42.1 Å². The highest BCUT2D eigenvalue weighted by Gasteiger charge is 2.58. The number of carbonyl (C=O) groups is 6. The molecule has 70 heavy (non-hydrogen) atoms. The summed E-state index contributed by atoms with van der Waals surface area (Å²) in [5, 5.41) is 3.92. The van der Waals surface area contributed by atoms with Crippen molar-refractivity contribution >= 4 is 35.8 Å². The maximum absolute atomic E-state index is 14.0. The van der Waals surface area contributed by atoms with E-state index in [2.05, 4.69) is 0 Å². The minimum atomic E-state index is -1.36. The van der Waals surface area contributed by atoms with Crippen LogP contribution in [0.15, 0.2) is 0 Å². The van der Waals surface area contributed by atoms with E-state index in [1.54, 1.807) is 55.6 Å². The van der Waals surface area contributed by atoms with Gasteiger partial charge in [0.1, 0.15) is 42.7 Å². The van der Waals surface area contributed by atoms with Crippen LogP contribution in [0.2, 0.25) is 0 Å². The lowest BCUT2D eigenvalue weighted by Gasteiger charge is -2.54. The second kappa shape index (κ2) is 28.1. The Balaban J connectivity index is 2.36. The van der Waals surface area contributed by atoms with Gasteiger partial charge < -0.3 is 61.7 Å². The number of likely N-dealkylation sites (N-methyl/N-ethyl adjacent to an activating group) is 2. The Morgan fingerprint density at radius 2 is 1.40 bits per heavy atom. The summed E-state index contributed by atoms with van der Waals surface area (Å²) in [5.41, 5.74) is -1.36. The van der Waals surface area contributed by atoms with Crippen LogP contribution in [0.25, 0.3) is 0 Å². The van der Waals surface area contributed by atoms with Crippen LogP contribution in [0.5, 0.6) is 0 Å². The molecule has 0 aromatic rings. The predicted molar refractivity (Wildman–Crippen MR) is 251 cm³/mol. The molecule has 3 saturated heterocycles. The van der Waals surface area contributed by atoms with E-state index in [9.17, 15) is 28.8 Å². The van der Waals surface area contributed by atoms with Gasteiger partial charge in [0.15, 0.2) is 24.3 Å². The molecule has 0 aliphatic carbocycles. The first-order valence-corrected chi connectivity index (χ1v) is 24.6. The molecule has 0 N–H and O–H groups in total. The third-order valence-corrected chi connectivity index (χ3v) is 13.7. The Kier molecular flexibility index (Phi) is 24.4. The number of methoxy groups -OCH3 is 3. The summed E-state index contributed by atoms with van der Waals surface area (Å²) in [6, 6.07) is -0.788. The largest absolute Gasteiger partial charge is 0.463 e. The SMILES string of the molecule is CCC(=O)O[C@@H]1CC(=O)O[C@H](C)CCN(C)N(C)C[C@H](OC(C)=O)[C@H](C)C[C@H](CC(OC)OC)[C@H]([C@@H]2O[C@H](C)[C@@H](O[C@@H]3C[C@@](C)(OC(C)=O)[C@@H](OC(=O)CC)[C@H](C)O3)[C@H](N(C)C)[C@H]2OC(C)=O)[C@@H]1OC. The van der Waals surface area contributed by atoms with Gasteiger partial charge in [0.05, 0.1) is 31.2 Å². The molecule has 404 valence electrons. The van der Waals surface area contributed by atoms with Gasteiger partial charge in [-0.1, -0.05) is 20.8 Å². The number of hydrazine groups is 1. The number of rotatable bonds is 16. The molecule has 3 aliphatic heterocycles. The first-order chi connectivity index (χ1) is 32.8. The second-order valence-corrected chi connectivity index (χ2v) is 19.5. The number of hydrogen-bond donors (Lipinski definition) is 0. The molecule has 0 spiro atoms. The van der Waals surface area contributed by atoms with E-state index >= 15 is 0 Å². The maximum atomic E-state index is 14.0. The molecule has 0 amide bonds. The van der Waals surface area contributed by atoms with Crippen molar-refractivity contribution in [2.75, 3.05) is 62.6 Å². The van der Waals surface area contributed by atoms with E-state index in [0.29, 0.717) is 25.9 Å². The van der Waals surface area contributed by atoms with E-state index in [1.807, 2.05) is 35.9 Å². The van der Waals surface area contributed by atoms with Crippen LogP contribution in [0.1, 0.15) is 114 Å². The fraction of sp³-hybridized carbons (Fsp3) is 0.878. The van der Waals surface area contributed by atoms with E-state index in [4.69, 9.17) is 56.8 Å². The van der Waals surface area contributed by atoms with Crippen molar-refractivity contribution in [3.63, 3.8) is 0 Å². The zero-order valence-corrected chi connectivity index (χ0v) is 44.8. The van der Waals surface area contributed by atoms with Gasteiger partial charge in [-0.2, -0.15) is 0 Å². The first-order valence-electron chi connectivity index (χ1n) is 24.6. The fourth-order valence-electron chi connectivity index (χ4n) is 10.2. The van der Waals surface area contributed by atoms with Crippen molar-refractivity contribution in [3.05, 3.63) is 0 Å². The average Bonchev–Trinajstić information content (AvgIpc) is 3.26. The Labute approximate surface area is 415 Å². The molecular weight excluding hydrogens is 919 g/mol. The molecule has 0 unspecified atom stereocenters. The lowest BCUT2D eigenvalue weighted by Crippen LogP contribution is -2.68. The predicted octanol–water partition coefficient (Wildman–Crippen LogP) is 3.84. The smallest absolute Gasteiger partial charge is 0.309 e. The van der Waals surface area contributed by atoms with Gasteiger partial charge in [-0.15, -0.1) is 0 Å². The Morgan fingerprint density at radius 1 is 0.786 bits per heavy atom. The van der Waals surface area contributed by atoms with Gasteiger partial charge in [0.25, 0.3) is 0 Å². The minimum absolute atomic E-state index is 0.0161. The van der Waals surface area contributed by atoms with Gasteiger partial charge in [0.2, 0.25) is 0 Å². The summed E-state index contributed by atoms with van der Waals surface area (Å²) >= 11 is 0. The molecule has 0 radical (unpaired) electrons. The molecule has 16 atom stereocenters. The highest BCUT2D eigenvalue weighted by Crippen LogP contribution is 2.44. The lowest BCUT2D eigenvalue weighted by molar-refractivity contribution is -0.320. The van der Waals surface area contributed by atoms with Crippen LogP contribution in [-0.4, -0.2) is 199 Å². The molecule has 0 aromatic heterocycles. The van der Waals surface area contributed by atoms with Gasteiger partial charge in [-0.25, -0.2) is 10.0 Å². The number of hydrogen-bond acceptors (Lipinski definition) is 21. The summed E-state index contributed by atoms with van der Waals surface area (Å²) in [6.45, 7) is 16.9. The second-order valence-electron chi connectivity index (χ2n) is 19.5. The van der Waals surface area contributed by atoms with Gasteiger partial charge in [-0.05, 0) is 66.5 Å². The van der Waals surface area contributed by atoms with Crippen LogP contribution in [0.4, 0.5) is 0 Å². The molecule has 3 fully saturated rings. The average molecular weight is 1000 g/mol. The number of carbonyl (C=O) groups excluding carboxylic acids is 6. The Hall–Kier alpha value is -3.54. The molecule has 3 heterocycles. The zero-order chi connectivity index (χ0) is 52.8. The normalized spacial score (nSPS) is 35.6. The lowest BCUT2D eigenvalue weighted by atomic mass is 9.70. The van der Waals surface area contributed by atoms with E-state index in [-0.39, 0.29) is 31.6 Å². The zero-order valence-electron chi connectivity index (χ0n) is 44.8. The highest BCUT2D eigenvalue weighted by molar-refractivity contribution is 5.73. The highest BCUT2D eigenvalue weighted by atomic mass is 16.7. The first kappa shape index (κ1) is 60.8. The molecule has 0 aromatic carbocycles. The summed E-state index contributed by atoms with van der Waals surface area (Å²) in [6.07, 6.45) is -10.5. The molecular formula is C49H85N3O18. The number of cyclic esters (lactones) is 1. The molecule has 3 rings (SSSR count). The van der Waals surface area contributed by atoms with Crippen LogP contribution in [0.3, 0.4) is 0 Å². The van der Waals surface area contributed by atoms with Crippen molar-refractivity contribution in [1.29, 1.82) is 0 Å². The van der Waals surface area contributed by atoms with Gasteiger partial charge in [0, 0.05) is 94.3 Å². The van der Waals surface area contributed by atoms with Crippen molar-refractivity contribution in [3.8, 4) is 0 Å². The van der Waals surface area contributed by atoms with Crippen molar-refractivity contribution in [2.24, 2.45) is 17.8 Å². The standard InChI is InChI=1S/C49H85N3O18/c1-18-37(56)67-35-24-39(58)62-28(4)20-21-51(13)52(14)26-36(65-31(7)53)27(3)22-34(23-40(59-15)60-16)42(45(35)61-17)46-47(66-32(8)54)43(50(11)12)44(29(5)64-46)69-41-25-49(10,70-33(9)55)48(30(6)63-41)68-38(57)19-2/h27-30,34-36,40-48H,18-26H2,1-17H3/t27-,28-,29-,30+,34-,35-,36+,41-,42+,43+,44-,45-,46+,47-,48+,49-/m1/s1. The number of esters is 6. The summed E-state index contributed by atoms with van der Waals surface area (Å²) < 4.78 is 74.7. The van der Waals surface area contributed by atoms with Crippen molar-refractivity contribution in [2.45, 2.75) is 199 Å². The molecule has 0 bridgehead atoms. The third-order valence-electron chi connectivity index (χ3n) is 13.7. The molecule has 0 saturated carbocycles. The van der Waals surface area contributed by atoms with Crippen LogP contribution in [-0.2, 0) is 85.6 Å². The van der Waals surface area contributed by atoms with Gasteiger partial charge >= 0.3 is 35.8 Å². The van der Waals surface area contributed by atoms with Crippen LogP contribution >= 0.6 is 0 Å². The maximum Gasteiger partial charge on any atom is 0.309 e. The third kappa shape index (κ3) is 17.0. The van der Waals surface area contributed by atoms with Crippen molar-refractivity contribution < 1.29 is 85.6 Å².